The third kappa shape index (κ3) is 4.27. The number of hydrogen-bond donors (Lipinski definition) is 0. The van der Waals surface area contributed by atoms with Gasteiger partial charge in [0.05, 0.1) is 18.3 Å². The van der Waals surface area contributed by atoms with Crippen molar-refractivity contribution in [1.82, 2.24) is 9.91 Å². The van der Waals surface area contributed by atoms with Crippen molar-refractivity contribution in [3.8, 4) is 0 Å². The van der Waals surface area contributed by atoms with Crippen LogP contribution in [-0.2, 0) is 4.79 Å². The van der Waals surface area contributed by atoms with E-state index in [0.717, 1.165) is 29.8 Å². The zero-order valence-electron chi connectivity index (χ0n) is 17.8. The largest absolute Gasteiger partial charge is 0.292 e. The predicted molar refractivity (Wildman–Crippen MR) is 118 cm³/mol. The van der Waals surface area contributed by atoms with Crippen LogP contribution in [0.1, 0.15) is 60.9 Å². The number of hydrazone groups is 1. The van der Waals surface area contributed by atoms with Crippen LogP contribution >= 0.6 is 0 Å². The molecule has 2 aliphatic heterocycles. The Bertz CT molecular complexity index is 906. The van der Waals surface area contributed by atoms with Gasteiger partial charge in [0.1, 0.15) is 0 Å². The van der Waals surface area contributed by atoms with Crippen LogP contribution < -0.4 is 0 Å². The molecule has 2 aliphatic rings. The highest BCUT2D eigenvalue weighted by Gasteiger charge is 2.34. The number of likely N-dealkylation sites (tertiary alicyclic amines) is 1. The van der Waals surface area contributed by atoms with E-state index in [9.17, 15) is 4.79 Å². The smallest absolute Gasteiger partial charge is 0.257 e. The van der Waals surface area contributed by atoms with Gasteiger partial charge in [0.25, 0.3) is 5.91 Å². The first-order valence-electron chi connectivity index (χ1n) is 10.8. The van der Waals surface area contributed by atoms with Crippen molar-refractivity contribution in [2.24, 2.45) is 5.10 Å². The molecule has 0 N–H and O–H groups in total. The second-order valence-electron chi connectivity index (χ2n) is 8.53. The molecule has 0 aliphatic carbocycles. The predicted octanol–water partition coefficient (Wildman–Crippen LogP) is 4.86. The molecule has 2 aromatic rings. The summed E-state index contributed by atoms with van der Waals surface area (Å²) in [7, 11) is 0. The lowest BCUT2D eigenvalue weighted by atomic mass is 9.96. The molecular weight excluding hydrogens is 358 g/mol. The summed E-state index contributed by atoms with van der Waals surface area (Å²) in [6, 6.07) is 17.2. The van der Waals surface area contributed by atoms with Gasteiger partial charge in [-0.2, -0.15) is 5.10 Å². The van der Waals surface area contributed by atoms with E-state index in [1.165, 1.54) is 30.4 Å². The summed E-state index contributed by atoms with van der Waals surface area (Å²) >= 11 is 0. The Hall–Kier alpha value is -2.46. The molecule has 4 rings (SSSR count). The first-order valence-corrected chi connectivity index (χ1v) is 10.8. The van der Waals surface area contributed by atoms with Gasteiger partial charge in [-0.1, -0.05) is 48.9 Å². The molecule has 0 bridgehead atoms. The van der Waals surface area contributed by atoms with Gasteiger partial charge in [0, 0.05) is 12.5 Å². The van der Waals surface area contributed by atoms with Crippen molar-refractivity contribution in [3.63, 3.8) is 0 Å². The number of carbonyl (C=O) groups is 1. The van der Waals surface area contributed by atoms with Crippen molar-refractivity contribution in [2.45, 2.75) is 58.5 Å². The highest BCUT2D eigenvalue weighted by atomic mass is 16.2. The molecule has 2 unspecified atom stereocenters. The number of amides is 1. The molecule has 0 saturated carbocycles. The van der Waals surface area contributed by atoms with Crippen LogP contribution in [0.25, 0.3) is 0 Å². The van der Waals surface area contributed by atoms with Gasteiger partial charge in [-0.3, -0.25) is 9.69 Å². The second-order valence-corrected chi connectivity index (χ2v) is 8.53. The fourth-order valence-corrected chi connectivity index (χ4v) is 4.41. The molecule has 0 radical (unpaired) electrons. The molecule has 4 heteroatoms. The van der Waals surface area contributed by atoms with Crippen molar-refractivity contribution in [2.75, 3.05) is 13.1 Å². The molecule has 1 amide bonds. The second kappa shape index (κ2) is 8.50. The summed E-state index contributed by atoms with van der Waals surface area (Å²) in [6.07, 6.45) is 4.37. The zero-order valence-corrected chi connectivity index (χ0v) is 17.8. The number of hydrogen-bond acceptors (Lipinski definition) is 3. The first kappa shape index (κ1) is 19.8. The molecule has 0 aromatic heterocycles. The van der Waals surface area contributed by atoms with Crippen LogP contribution in [0.3, 0.4) is 0 Å². The fourth-order valence-electron chi connectivity index (χ4n) is 4.41. The van der Waals surface area contributed by atoms with Crippen LogP contribution in [-0.4, -0.2) is 40.7 Å². The Morgan fingerprint density at radius 2 is 1.86 bits per heavy atom. The van der Waals surface area contributed by atoms with Crippen LogP contribution in [0.2, 0.25) is 0 Å². The molecular formula is C25H31N3O. The van der Waals surface area contributed by atoms with E-state index in [2.05, 4.69) is 56.0 Å². The van der Waals surface area contributed by atoms with Gasteiger partial charge in [0.2, 0.25) is 0 Å². The monoisotopic (exact) mass is 389 g/mol. The maximum atomic E-state index is 13.3. The molecule has 2 heterocycles. The number of nitrogens with zero attached hydrogens (tertiary/aromatic N) is 3. The van der Waals surface area contributed by atoms with Crippen molar-refractivity contribution in [3.05, 3.63) is 70.8 Å². The summed E-state index contributed by atoms with van der Waals surface area (Å²) in [5.74, 6) is 0.103. The Morgan fingerprint density at radius 3 is 2.59 bits per heavy atom. The number of aryl methyl sites for hydroxylation is 2. The van der Waals surface area contributed by atoms with E-state index in [1.807, 2.05) is 18.2 Å². The molecule has 1 saturated heterocycles. The molecule has 1 fully saturated rings. The number of benzene rings is 2. The minimum atomic E-state index is -0.0274. The van der Waals surface area contributed by atoms with E-state index in [0.29, 0.717) is 12.6 Å². The summed E-state index contributed by atoms with van der Waals surface area (Å²) < 4.78 is 0. The van der Waals surface area contributed by atoms with Gasteiger partial charge >= 0.3 is 0 Å². The highest BCUT2D eigenvalue weighted by Crippen LogP contribution is 2.33. The number of rotatable bonds is 4. The summed E-state index contributed by atoms with van der Waals surface area (Å²) in [6.45, 7) is 7.94. The molecule has 29 heavy (non-hydrogen) atoms. The number of piperidine rings is 1. The lowest BCUT2D eigenvalue weighted by Gasteiger charge is -2.34. The summed E-state index contributed by atoms with van der Waals surface area (Å²) in [4.78, 5) is 15.6. The van der Waals surface area contributed by atoms with Crippen molar-refractivity contribution in [1.29, 1.82) is 0 Å². The van der Waals surface area contributed by atoms with Crippen LogP contribution in [0.4, 0.5) is 0 Å². The summed E-state index contributed by atoms with van der Waals surface area (Å²) in [5.41, 5.74) is 5.81. The maximum absolute atomic E-state index is 13.3. The van der Waals surface area contributed by atoms with Gasteiger partial charge in [-0.25, -0.2) is 5.01 Å². The molecule has 2 atom stereocenters. The van der Waals surface area contributed by atoms with Crippen LogP contribution in [0, 0.1) is 13.8 Å². The van der Waals surface area contributed by atoms with Crippen LogP contribution in [0.5, 0.6) is 0 Å². The van der Waals surface area contributed by atoms with Crippen molar-refractivity contribution < 1.29 is 4.79 Å². The Morgan fingerprint density at radius 1 is 1.07 bits per heavy atom. The fraction of sp³-hybridized carbons (Fsp3) is 0.440. The Balaban J connectivity index is 1.61. The lowest BCUT2D eigenvalue weighted by Crippen LogP contribution is -2.44. The molecule has 4 nitrogen and oxygen atoms in total. The van der Waals surface area contributed by atoms with E-state index in [4.69, 9.17) is 5.10 Å². The van der Waals surface area contributed by atoms with Crippen molar-refractivity contribution >= 4 is 11.6 Å². The topological polar surface area (TPSA) is 35.9 Å². The van der Waals surface area contributed by atoms with E-state index >= 15 is 0 Å². The third-order valence-electron chi connectivity index (χ3n) is 6.47. The first-order chi connectivity index (χ1) is 14.0. The maximum Gasteiger partial charge on any atom is 0.257 e. The average Bonchev–Trinajstić information content (AvgIpc) is 3.18. The van der Waals surface area contributed by atoms with E-state index in [1.54, 1.807) is 5.01 Å². The summed E-state index contributed by atoms with van der Waals surface area (Å²) in [5, 5.41) is 6.60. The quantitative estimate of drug-likeness (QED) is 0.749. The van der Waals surface area contributed by atoms with E-state index in [-0.39, 0.29) is 11.9 Å². The van der Waals surface area contributed by atoms with Gasteiger partial charge in [-0.05, 0) is 68.5 Å². The van der Waals surface area contributed by atoms with Crippen LogP contribution in [0.15, 0.2) is 53.6 Å². The minimum Gasteiger partial charge on any atom is -0.292 e. The van der Waals surface area contributed by atoms with Gasteiger partial charge in [0.15, 0.2) is 0 Å². The molecule has 152 valence electrons. The Kier molecular flexibility index (Phi) is 5.81. The normalized spacial score (nSPS) is 22.6. The lowest BCUT2D eigenvalue weighted by molar-refractivity contribution is -0.135. The highest BCUT2D eigenvalue weighted by molar-refractivity contribution is 6.03. The standard InChI is InChI=1S/C25H31N3O/c1-18-12-13-22(15-19(18)2)23-16-24(21-10-5-4-6-11-21)28(26-23)25(29)17-27-14-8-7-9-20(27)3/h4-6,10-13,15,20,24H,7-9,14,16-17H2,1-3H3. The zero-order chi connectivity index (χ0) is 20.4. The average molecular weight is 390 g/mol. The van der Waals surface area contributed by atoms with Gasteiger partial charge < -0.3 is 0 Å². The Labute approximate surface area is 174 Å². The molecule has 0 spiro atoms. The number of carbonyl (C=O) groups excluding carboxylic acids is 1. The SMILES string of the molecule is Cc1ccc(C2=NN(C(=O)CN3CCCCC3C)C(c3ccccc3)C2)cc1C. The van der Waals surface area contributed by atoms with Gasteiger partial charge in [-0.15, -0.1) is 0 Å². The molecule has 2 aromatic carbocycles. The van der Waals surface area contributed by atoms with E-state index < -0.39 is 0 Å². The minimum absolute atomic E-state index is 0.0274. The third-order valence-corrected chi connectivity index (χ3v) is 6.47.